The highest BCUT2D eigenvalue weighted by Gasteiger charge is 2.29. The zero-order valence-electron chi connectivity index (χ0n) is 16.2. The molecule has 0 radical (unpaired) electrons. The first kappa shape index (κ1) is 18.5. The molecule has 0 bridgehead atoms. The number of carbonyl (C=O) groups is 2. The monoisotopic (exact) mass is 384 g/mol. The Morgan fingerprint density at radius 1 is 0.931 bits per heavy atom. The Hall–Kier alpha value is -3.86. The molecule has 4 rings (SSSR count). The van der Waals surface area contributed by atoms with Crippen molar-refractivity contribution in [3.05, 3.63) is 95.1 Å². The average Bonchev–Trinajstić information content (AvgIpc) is 3.08. The van der Waals surface area contributed by atoms with Crippen LogP contribution in [0.1, 0.15) is 27.0 Å². The quantitative estimate of drug-likeness (QED) is 0.505. The van der Waals surface area contributed by atoms with E-state index in [-0.39, 0.29) is 5.91 Å². The molecular weight excluding hydrogens is 364 g/mol. The number of methoxy groups -OCH3 is 1. The lowest BCUT2D eigenvalue weighted by molar-refractivity contribution is -0.110. The summed E-state index contributed by atoms with van der Waals surface area (Å²) in [6.45, 7) is 2.03. The second-order valence-corrected chi connectivity index (χ2v) is 6.81. The number of ether oxygens (including phenoxy) is 1. The van der Waals surface area contributed by atoms with Gasteiger partial charge >= 0.3 is 5.97 Å². The van der Waals surface area contributed by atoms with Gasteiger partial charge in [-0.2, -0.15) is 0 Å². The Kier molecular flexibility index (Phi) is 4.87. The molecule has 1 aliphatic rings. The maximum absolute atomic E-state index is 12.9. The Morgan fingerprint density at radius 3 is 2.34 bits per heavy atom. The number of fused-ring (bicyclic) bond motifs is 1. The number of aryl methyl sites for hydroxylation is 1. The van der Waals surface area contributed by atoms with Gasteiger partial charge in [0.1, 0.15) is 0 Å². The summed E-state index contributed by atoms with van der Waals surface area (Å²) in [4.78, 5) is 24.8. The molecule has 3 aromatic carbocycles. The molecule has 5 heteroatoms. The summed E-state index contributed by atoms with van der Waals surface area (Å²) in [7, 11) is 1.33. The number of anilines is 2. The van der Waals surface area contributed by atoms with Crippen molar-refractivity contribution < 1.29 is 14.3 Å². The number of nitrogens with one attached hydrogen (secondary N) is 2. The molecule has 0 aromatic heterocycles. The van der Waals surface area contributed by atoms with Crippen LogP contribution in [0.5, 0.6) is 0 Å². The number of hydrogen-bond donors (Lipinski definition) is 2. The van der Waals surface area contributed by atoms with E-state index in [0.717, 1.165) is 22.4 Å². The molecule has 1 heterocycles. The summed E-state index contributed by atoms with van der Waals surface area (Å²) >= 11 is 0. The van der Waals surface area contributed by atoms with Crippen molar-refractivity contribution in [1.82, 2.24) is 0 Å². The zero-order valence-corrected chi connectivity index (χ0v) is 16.2. The number of benzene rings is 3. The van der Waals surface area contributed by atoms with Gasteiger partial charge in [-0.25, -0.2) is 4.79 Å². The van der Waals surface area contributed by atoms with E-state index in [1.54, 1.807) is 18.2 Å². The predicted octanol–water partition coefficient (Wildman–Crippen LogP) is 4.71. The second kappa shape index (κ2) is 7.64. The van der Waals surface area contributed by atoms with Gasteiger partial charge in [0, 0.05) is 11.3 Å². The van der Waals surface area contributed by atoms with Crippen LogP contribution in [-0.4, -0.2) is 19.0 Å². The van der Waals surface area contributed by atoms with Crippen LogP contribution in [-0.2, 0) is 9.53 Å². The Labute approximate surface area is 169 Å². The maximum Gasteiger partial charge on any atom is 0.337 e. The normalized spacial score (nSPS) is 14.1. The molecule has 0 atom stereocenters. The Bertz CT molecular complexity index is 1120. The highest BCUT2D eigenvalue weighted by atomic mass is 16.5. The first-order chi connectivity index (χ1) is 14.1. The second-order valence-electron chi connectivity index (χ2n) is 6.81. The zero-order chi connectivity index (χ0) is 20.4. The molecular formula is C24H20N2O3. The highest BCUT2D eigenvalue weighted by molar-refractivity contribution is 6.37. The minimum Gasteiger partial charge on any atom is -0.465 e. The third kappa shape index (κ3) is 3.62. The Morgan fingerprint density at radius 2 is 1.66 bits per heavy atom. The van der Waals surface area contributed by atoms with E-state index in [1.807, 2.05) is 61.5 Å². The molecule has 0 spiro atoms. The van der Waals surface area contributed by atoms with Gasteiger partial charge in [-0.05, 0) is 36.8 Å². The number of esters is 1. The summed E-state index contributed by atoms with van der Waals surface area (Å²) < 4.78 is 4.78. The van der Waals surface area contributed by atoms with Crippen LogP contribution >= 0.6 is 0 Å². The molecule has 29 heavy (non-hydrogen) atoms. The molecule has 2 N–H and O–H groups in total. The van der Waals surface area contributed by atoms with Crippen molar-refractivity contribution >= 4 is 34.5 Å². The fourth-order valence-corrected chi connectivity index (χ4v) is 3.33. The fourth-order valence-electron chi connectivity index (χ4n) is 3.33. The van der Waals surface area contributed by atoms with Crippen LogP contribution in [0.2, 0.25) is 0 Å². The van der Waals surface area contributed by atoms with Crippen molar-refractivity contribution in [2.45, 2.75) is 6.92 Å². The fraction of sp³-hybridized carbons (Fsp3) is 0.0833. The first-order valence-corrected chi connectivity index (χ1v) is 9.24. The topological polar surface area (TPSA) is 67.4 Å². The Balaban J connectivity index is 1.86. The van der Waals surface area contributed by atoms with E-state index >= 15 is 0 Å². The van der Waals surface area contributed by atoms with E-state index in [9.17, 15) is 9.59 Å². The van der Waals surface area contributed by atoms with Gasteiger partial charge in [0.05, 0.1) is 29.6 Å². The van der Waals surface area contributed by atoms with Crippen LogP contribution in [0.3, 0.4) is 0 Å². The van der Waals surface area contributed by atoms with Crippen molar-refractivity contribution in [1.29, 1.82) is 0 Å². The van der Waals surface area contributed by atoms with Gasteiger partial charge in [-0.3, -0.25) is 4.79 Å². The third-order valence-corrected chi connectivity index (χ3v) is 4.82. The maximum atomic E-state index is 12.9. The van der Waals surface area contributed by atoms with Gasteiger partial charge in [0.15, 0.2) is 0 Å². The lowest BCUT2D eigenvalue weighted by atomic mass is 9.99. The van der Waals surface area contributed by atoms with Crippen molar-refractivity contribution in [2.75, 3.05) is 17.7 Å². The first-order valence-electron chi connectivity index (χ1n) is 9.24. The van der Waals surface area contributed by atoms with Gasteiger partial charge in [0.2, 0.25) is 0 Å². The lowest BCUT2D eigenvalue weighted by Gasteiger charge is -2.15. The smallest absolute Gasteiger partial charge is 0.337 e. The molecule has 0 unspecified atom stereocenters. The third-order valence-electron chi connectivity index (χ3n) is 4.82. The van der Waals surface area contributed by atoms with E-state index in [0.29, 0.717) is 22.5 Å². The summed E-state index contributed by atoms with van der Waals surface area (Å²) in [5, 5.41) is 6.28. The van der Waals surface area contributed by atoms with Crippen LogP contribution in [0.4, 0.5) is 11.4 Å². The molecule has 1 aliphatic heterocycles. The molecule has 3 aromatic rings. The van der Waals surface area contributed by atoms with Gasteiger partial charge in [0.25, 0.3) is 5.91 Å². The van der Waals surface area contributed by atoms with Gasteiger partial charge < -0.3 is 15.4 Å². The van der Waals surface area contributed by atoms with E-state index in [4.69, 9.17) is 4.74 Å². The standard InChI is InChI=1S/C24H20N2O3/c1-15-8-11-18(12-9-15)25-22(16-6-4-3-5-7-16)21-19-13-10-17(24(28)29-2)14-20(19)26-23(21)27/h3-14,25H,1-2H3,(H,26,27)/b22-21-. The van der Waals surface area contributed by atoms with Crippen LogP contribution in [0.25, 0.3) is 11.3 Å². The van der Waals surface area contributed by atoms with Crippen LogP contribution < -0.4 is 10.6 Å². The minimum absolute atomic E-state index is 0.222. The predicted molar refractivity (Wildman–Crippen MR) is 114 cm³/mol. The SMILES string of the molecule is COC(=O)c1ccc2c(c1)NC(=O)/C2=C(\Nc1ccc(C)cc1)c1ccccc1. The number of rotatable bonds is 4. The van der Waals surface area contributed by atoms with E-state index in [2.05, 4.69) is 10.6 Å². The minimum atomic E-state index is -0.444. The number of hydrogen-bond acceptors (Lipinski definition) is 4. The van der Waals surface area contributed by atoms with Crippen molar-refractivity contribution in [2.24, 2.45) is 0 Å². The average molecular weight is 384 g/mol. The molecule has 1 amide bonds. The molecule has 0 fully saturated rings. The van der Waals surface area contributed by atoms with Gasteiger partial charge in [-0.1, -0.05) is 54.1 Å². The highest BCUT2D eigenvalue weighted by Crippen LogP contribution is 2.38. The van der Waals surface area contributed by atoms with E-state index < -0.39 is 5.97 Å². The molecule has 5 nitrogen and oxygen atoms in total. The summed E-state index contributed by atoms with van der Waals surface area (Å²) in [6, 6.07) is 22.8. The summed E-state index contributed by atoms with van der Waals surface area (Å²) in [5.41, 5.74) is 5.88. The molecule has 0 aliphatic carbocycles. The molecule has 0 saturated heterocycles. The summed E-state index contributed by atoms with van der Waals surface area (Å²) in [5.74, 6) is -0.666. The van der Waals surface area contributed by atoms with Crippen LogP contribution in [0, 0.1) is 6.92 Å². The lowest BCUT2D eigenvalue weighted by Crippen LogP contribution is -2.10. The number of amides is 1. The van der Waals surface area contributed by atoms with Gasteiger partial charge in [-0.15, -0.1) is 0 Å². The molecule has 144 valence electrons. The number of carbonyl (C=O) groups excluding carboxylic acids is 2. The van der Waals surface area contributed by atoms with E-state index in [1.165, 1.54) is 7.11 Å². The summed E-state index contributed by atoms with van der Waals surface area (Å²) in [6.07, 6.45) is 0. The van der Waals surface area contributed by atoms with Crippen molar-refractivity contribution in [3.8, 4) is 0 Å². The molecule has 0 saturated carbocycles. The largest absolute Gasteiger partial charge is 0.465 e. The van der Waals surface area contributed by atoms with Crippen molar-refractivity contribution in [3.63, 3.8) is 0 Å². The van der Waals surface area contributed by atoms with Crippen LogP contribution in [0.15, 0.2) is 72.8 Å².